The Labute approximate surface area is 345 Å². The maximum atomic E-state index is 4.07. The molecule has 2 aromatic heterocycles. The second-order valence-corrected chi connectivity index (χ2v) is 22.0. The molecule has 0 N–H and O–H groups in total. The van der Waals surface area contributed by atoms with Crippen molar-refractivity contribution < 1.29 is 0 Å². The van der Waals surface area contributed by atoms with Crippen molar-refractivity contribution in [2.45, 2.75) is 195 Å². The number of benzene rings is 1. The van der Waals surface area contributed by atoms with Crippen molar-refractivity contribution in [2.75, 3.05) is 0 Å². The van der Waals surface area contributed by atoms with Gasteiger partial charge in [-0.2, -0.15) is 0 Å². The van der Waals surface area contributed by atoms with Crippen LogP contribution < -0.4 is 0 Å². The lowest BCUT2D eigenvalue weighted by atomic mass is 9.64. The quantitative estimate of drug-likeness (QED) is 0.0841. The Morgan fingerprint density at radius 3 is 0.981 bits per heavy atom. The molecule has 1 aromatic carbocycles. The van der Waals surface area contributed by atoms with Crippen molar-refractivity contribution in [2.24, 2.45) is 23.7 Å². The van der Waals surface area contributed by atoms with Crippen molar-refractivity contribution in [1.29, 1.82) is 0 Å². The summed E-state index contributed by atoms with van der Waals surface area (Å²) in [5.74, 6) is 3.03. The fraction of sp³-hybridized carbons (Fsp3) is 0.708. The second kappa shape index (κ2) is 19.6. The predicted octanol–water partition coefficient (Wildman–Crippen LogP) is 18.3. The van der Waals surface area contributed by atoms with Crippen LogP contribution in [0.2, 0.25) is 0 Å². The minimum Gasteiger partial charge on any atom is -0.128 e. The zero-order valence-electron chi connectivity index (χ0n) is 34.3. The van der Waals surface area contributed by atoms with E-state index in [4.69, 9.17) is 0 Å². The minimum absolute atomic E-state index is 0.0884. The topological polar surface area (TPSA) is 0 Å². The summed E-state index contributed by atoms with van der Waals surface area (Å²) in [7, 11) is 0. The van der Waals surface area contributed by atoms with Crippen molar-refractivity contribution in [3.63, 3.8) is 0 Å². The van der Waals surface area contributed by atoms with Gasteiger partial charge in [-0.15, -0.1) is 22.7 Å². The molecule has 4 unspecified atom stereocenters. The second-order valence-electron chi connectivity index (χ2n) is 17.2. The number of unbranched alkanes of at least 4 members (excludes halogenated alkanes) is 4. The van der Waals surface area contributed by atoms with E-state index in [9.17, 15) is 0 Å². The Morgan fingerprint density at radius 2 is 0.731 bits per heavy atom. The molecule has 3 aromatic rings. The van der Waals surface area contributed by atoms with E-state index in [-0.39, 0.29) is 10.8 Å². The van der Waals surface area contributed by atoms with Crippen LogP contribution in [0.1, 0.15) is 206 Å². The molecule has 0 nitrogen and oxygen atoms in total. The van der Waals surface area contributed by atoms with Crippen LogP contribution in [0.4, 0.5) is 0 Å². The van der Waals surface area contributed by atoms with Gasteiger partial charge < -0.3 is 0 Å². The summed E-state index contributed by atoms with van der Waals surface area (Å²) in [6.07, 6.45) is 26.3. The molecule has 0 aliphatic heterocycles. The van der Waals surface area contributed by atoms with E-state index in [2.05, 4.69) is 112 Å². The van der Waals surface area contributed by atoms with Crippen LogP contribution in [0, 0.1) is 23.7 Å². The molecule has 5 rings (SSSR count). The predicted molar refractivity (Wildman–Crippen MR) is 242 cm³/mol. The van der Waals surface area contributed by atoms with E-state index in [0.29, 0.717) is 0 Å². The third-order valence-corrected chi connectivity index (χ3v) is 17.2. The standard InChI is InChI=1S/C48H72Br2S2/c1-9-17-21-33(13-5)29-47(30-34(14-6)22-18-10-2)39-25-38-40(26-37(39)45-41(47)27-43(49)51-45)48(31-35(15-7)23-19-11-3,32-36(16-8)24-20-12-4)42-28-44(50)52-46(38)42/h25-28,33-36H,9-24,29-32H2,1-8H3. The van der Waals surface area contributed by atoms with E-state index in [1.807, 2.05) is 22.7 Å². The maximum absolute atomic E-state index is 4.07. The summed E-state index contributed by atoms with van der Waals surface area (Å²) in [4.78, 5) is 3.17. The fourth-order valence-corrected chi connectivity index (χ4v) is 14.1. The summed E-state index contributed by atoms with van der Waals surface area (Å²) in [6, 6.07) is 10.8. The molecule has 4 heteroatoms. The molecular weight excluding hydrogens is 800 g/mol. The van der Waals surface area contributed by atoms with Gasteiger partial charge in [-0.3, -0.25) is 0 Å². The lowest BCUT2D eigenvalue weighted by molar-refractivity contribution is 0.264. The van der Waals surface area contributed by atoms with Gasteiger partial charge in [0.1, 0.15) is 0 Å². The monoisotopic (exact) mass is 870 g/mol. The van der Waals surface area contributed by atoms with Gasteiger partial charge in [-0.1, -0.05) is 158 Å². The zero-order valence-corrected chi connectivity index (χ0v) is 39.1. The lowest BCUT2D eigenvalue weighted by Gasteiger charge is -2.40. The van der Waals surface area contributed by atoms with Crippen molar-refractivity contribution in [3.8, 4) is 20.9 Å². The molecule has 2 aliphatic carbocycles. The van der Waals surface area contributed by atoms with E-state index in [0.717, 1.165) is 23.7 Å². The zero-order chi connectivity index (χ0) is 37.5. The average Bonchev–Trinajstić information content (AvgIpc) is 3.86. The van der Waals surface area contributed by atoms with Crippen LogP contribution in [-0.2, 0) is 10.8 Å². The van der Waals surface area contributed by atoms with Gasteiger partial charge in [0.25, 0.3) is 0 Å². The first-order chi connectivity index (χ1) is 25.2. The Balaban J connectivity index is 1.78. The van der Waals surface area contributed by atoms with Crippen LogP contribution in [0.15, 0.2) is 31.8 Å². The van der Waals surface area contributed by atoms with Gasteiger partial charge >= 0.3 is 0 Å². The molecule has 0 saturated carbocycles. The molecule has 4 atom stereocenters. The van der Waals surface area contributed by atoms with Crippen LogP contribution in [0.5, 0.6) is 0 Å². The van der Waals surface area contributed by atoms with Crippen LogP contribution in [-0.4, -0.2) is 0 Å². The molecule has 290 valence electrons. The number of hydrogen-bond donors (Lipinski definition) is 0. The first-order valence-electron chi connectivity index (χ1n) is 22.0. The van der Waals surface area contributed by atoms with Gasteiger partial charge in [0, 0.05) is 20.6 Å². The van der Waals surface area contributed by atoms with E-state index in [1.54, 1.807) is 43.1 Å². The highest BCUT2D eigenvalue weighted by atomic mass is 79.9. The van der Waals surface area contributed by atoms with Crippen LogP contribution in [0.3, 0.4) is 0 Å². The molecule has 2 aliphatic rings. The van der Waals surface area contributed by atoms with Gasteiger partial charge in [0.15, 0.2) is 0 Å². The third kappa shape index (κ3) is 8.76. The molecular formula is C48H72Br2S2. The summed E-state index contributed by atoms with van der Waals surface area (Å²) in [5.41, 5.74) is 10.1. The van der Waals surface area contributed by atoms with E-state index in [1.165, 1.54) is 136 Å². The molecule has 2 heterocycles. The molecule has 0 radical (unpaired) electrons. The highest BCUT2D eigenvalue weighted by Crippen LogP contribution is 2.65. The minimum atomic E-state index is 0.0884. The summed E-state index contributed by atoms with van der Waals surface area (Å²) >= 11 is 12.2. The number of hydrogen-bond acceptors (Lipinski definition) is 2. The normalized spacial score (nSPS) is 21.1. The first-order valence-corrected chi connectivity index (χ1v) is 25.2. The Hall–Kier alpha value is -0.420. The smallest absolute Gasteiger partial charge is 0.0708 e. The summed E-state index contributed by atoms with van der Waals surface area (Å²) in [5, 5.41) is 0. The van der Waals surface area contributed by atoms with Gasteiger partial charge in [-0.05, 0) is 139 Å². The fourth-order valence-electron chi connectivity index (χ4n) is 10.7. The van der Waals surface area contributed by atoms with E-state index < -0.39 is 0 Å². The Kier molecular flexibility index (Phi) is 16.1. The van der Waals surface area contributed by atoms with Crippen molar-refractivity contribution in [3.05, 3.63) is 54.1 Å². The van der Waals surface area contributed by atoms with Gasteiger partial charge in [-0.25, -0.2) is 0 Å². The number of halogens is 2. The van der Waals surface area contributed by atoms with Crippen molar-refractivity contribution >= 4 is 54.5 Å². The molecule has 0 saturated heterocycles. The lowest BCUT2D eigenvalue weighted by Crippen LogP contribution is -2.32. The largest absolute Gasteiger partial charge is 0.128 e. The van der Waals surface area contributed by atoms with E-state index >= 15 is 0 Å². The number of fused-ring (bicyclic) bond motifs is 6. The number of thiophene rings is 2. The summed E-state index contributed by atoms with van der Waals surface area (Å²) < 4.78 is 2.64. The third-order valence-electron chi connectivity index (χ3n) is 13.8. The van der Waals surface area contributed by atoms with Crippen LogP contribution in [0.25, 0.3) is 20.9 Å². The SMILES string of the molecule is CCCCC(CC)CC1(CC(CC)CCCC)c2cc3c(cc2-c2sc(Br)cc21)C(CC(CC)CCCC)(CC(CC)CCCC)c1cc(Br)sc1-3. The van der Waals surface area contributed by atoms with Gasteiger partial charge in [0.05, 0.1) is 7.57 Å². The number of rotatable bonds is 24. The highest BCUT2D eigenvalue weighted by molar-refractivity contribution is 9.11. The molecule has 0 bridgehead atoms. The van der Waals surface area contributed by atoms with Gasteiger partial charge in [0.2, 0.25) is 0 Å². The van der Waals surface area contributed by atoms with Crippen LogP contribution >= 0.6 is 54.5 Å². The highest BCUT2D eigenvalue weighted by Gasteiger charge is 2.51. The van der Waals surface area contributed by atoms with Crippen molar-refractivity contribution in [1.82, 2.24) is 0 Å². The Morgan fingerprint density at radius 1 is 0.442 bits per heavy atom. The Bertz CT molecular complexity index is 1410. The average molecular weight is 873 g/mol. The summed E-state index contributed by atoms with van der Waals surface area (Å²) in [6.45, 7) is 19.4. The first kappa shape index (κ1) is 42.7. The molecule has 52 heavy (non-hydrogen) atoms. The maximum Gasteiger partial charge on any atom is 0.0708 e. The molecule has 0 amide bonds. The molecule has 0 fully saturated rings. The molecule has 0 spiro atoms.